The number of terminal acetylenes is 1. The van der Waals surface area contributed by atoms with Gasteiger partial charge >= 0.3 is 6.09 Å². The molecule has 1 amide bonds. The van der Waals surface area contributed by atoms with Crippen molar-refractivity contribution in [3.8, 4) is 12.3 Å². The van der Waals surface area contributed by atoms with Gasteiger partial charge in [-0.3, -0.25) is 4.90 Å². The van der Waals surface area contributed by atoms with E-state index in [9.17, 15) is 4.79 Å². The minimum atomic E-state index is -1.01. The van der Waals surface area contributed by atoms with E-state index in [0.717, 1.165) is 0 Å². The standard InChI is InChI=1S/C15H23NO5/c1-7-10-8-16(13(17)21-14(2,3)4)12-11(10)20-9-15(12,18-5)19-6/h1,10-12H,8-9H2,2-6H3/t10-,11-,12+/m1/s1. The Hall–Kier alpha value is -1.29. The zero-order valence-corrected chi connectivity index (χ0v) is 13.2. The summed E-state index contributed by atoms with van der Waals surface area (Å²) in [6.45, 7) is 6.06. The zero-order valence-electron chi connectivity index (χ0n) is 13.2. The van der Waals surface area contributed by atoms with Crippen LogP contribution in [0.25, 0.3) is 0 Å². The molecule has 0 aromatic rings. The summed E-state index contributed by atoms with van der Waals surface area (Å²) in [5, 5.41) is 0. The van der Waals surface area contributed by atoms with Gasteiger partial charge in [0.05, 0.1) is 12.0 Å². The molecule has 0 aromatic heterocycles. The van der Waals surface area contributed by atoms with E-state index in [0.29, 0.717) is 6.54 Å². The fourth-order valence-electron chi connectivity index (χ4n) is 2.92. The number of likely N-dealkylation sites (tertiary alicyclic amines) is 1. The average molecular weight is 297 g/mol. The second-order valence-corrected chi connectivity index (χ2v) is 6.35. The van der Waals surface area contributed by atoms with Crippen LogP contribution in [0.15, 0.2) is 0 Å². The maximum atomic E-state index is 12.5. The van der Waals surface area contributed by atoms with Crippen LogP contribution in [-0.4, -0.2) is 61.9 Å². The number of rotatable bonds is 2. The Kier molecular flexibility index (Phi) is 4.20. The van der Waals surface area contributed by atoms with Gasteiger partial charge in [0.1, 0.15) is 18.2 Å². The predicted molar refractivity (Wildman–Crippen MR) is 75.5 cm³/mol. The monoisotopic (exact) mass is 297 g/mol. The molecule has 2 rings (SSSR count). The van der Waals surface area contributed by atoms with Crippen LogP contribution in [0.4, 0.5) is 4.79 Å². The molecule has 2 fully saturated rings. The Balaban J connectivity index is 2.29. The van der Waals surface area contributed by atoms with E-state index in [1.807, 2.05) is 20.8 Å². The quantitative estimate of drug-likeness (QED) is 0.567. The fourth-order valence-corrected chi connectivity index (χ4v) is 2.92. The molecule has 6 heteroatoms. The maximum Gasteiger partial charge on any atom is 0.410 e. The molecule has 2 saturated heterocycles. The van der Waals surface area contributed by atoms with Gasteiger partial charge < -0.3 is 18.9 Å². The number of methoxy groups -OCH3 is 2. The molecule has 21 heavy (non-hydrogen) atoms. The number of hydrogen-bond donors (Lipinski definition) is 0. The lowest BCUT2D eigenvalue weighted by molar-refractivity contribution is -0.224. The molecule has 2 aliphatic rings. The topological polar surface area (TPSA) is 57.2 Å². The summed E-state index contributed by atoms with van der Waals surface area (Å²) in [6.07, 6.45) is 4.83. The van der Waals surface area contributed by atoms with Gasteiger partial charge in [0.2, 0.25) is 5.79 Å². The van der Waals surface area contributed by atoms with Crippen molar-refractivity contribution in [3.63, 3.8) is 0 Å². The van der Waals surface area contributed by atoms with E-state index in [-0.39, 0.29) is 18.6 Å². The first kappa shape index (κ1) is 16.1. The number of amides is 1. The van der Waals surface area contributed by atoms with Gasteiger partial charge in [-0.2, -0.15) is 0 Å². The summed E-state index contributed by atoms with van der Waals surface area (Å²) < 4.78 is 22.2. The van der Waals surface area contributed by atoms with Gasteiger partial charge in [-0.15, -0.1) is 6.42 Å². The van der Waals surface area contributed by atoms with Gasteiger partial charge in [0.25, 0.3) is 0 Å². The molecule has 2 heterocycles. The van der Waals surface area contributed by atoms with Crippen LogP contribution >= 0.6 is 0 Å². The number of ether oxygens (including phenoxy) is 4. The molecule has 0 saturated carbocycles. The third-order valence-corrected chi connectivity index (χ3v) is 3.90. The molecular weight excluding hydrogens is 274 g/mol. The van der Waals surface area contributed by atoms with Crippen LogP contribution < -0.4 is 0 Å². The van der Waals surface area contributed by atoms with Crippen molar-refractivity contribution in [1.82, 2.24) is 4.90 Å². The maximum absolute atomic E-state index is 12.5. The van der Waals surface area contributed by atoms with E-state index in [4.69, 9.17) is 25.4 Å². The highest BCUT2D eigenvalue weighted by Gasteiger charge is 2.61. The van der Waals surface area contributed by atoms with Crippen molar-refractivity contribution in [1.29, 1.82) is 0 Å². The SMILES string of the molecule is C#C[C@@H]1CN(C(=O)OC(C)(C)C)[C@H]2[C@@H]1OCC2(OC)OC. The lowest BCUT2D eigenvalue weighted by Gasteiger charge is -2.36. The molecular formula is C15H23NO5. The first-order valence-corrected chi connectivity index (χ1v) is 6.95. The highest BCUT2D eigenvalue weighted by Crippen LogP contribution is 2.41. The smallest absolute Gasteiger partial charge is 0.410 e. The second-order valence-electron chi connectivity index (χ2n) is 6.35. The zero-order chi connectivity index (χ0) is 15.8. The van der Waals surface area contributed by atoms with Gasteiger partial charge in [-0.05, 0) is 20.8 Å². The Labute approximate surface area is 125 Å². The summed E-state index contributed by atoms with van der Waals surface area (Å²) >= 11 is 0. The normalized spacial score (nSPS) is 30.9. The molecule has 0 bridgehead atoms. The molecule has 0 unspecified atom stereocenters. The van der Waals surface area contributed by atoms with Crippen molar-refractivity contribution >= 4 is 6.09 Å². The van der Waals surface area contributed by atoms with E-state index in [1.165, 1.54) is 14.2 Å². The minimum absolute atomic E-state index is 0.199. The van der Waals surface area contributed by atoms with Gasteiger partial charge in [0, 0.05) is 20.8 Å². The van der Waals surface area contributed by atoms with Gasteiger partial charge in [-0.25, -0.2) is 4.79 Å². The van der Waals surface area contributed by atoms with E-state index >= 15 is 0 Å². The number of hydrogen-bond acceptors (Lipinski definition) is 5. The Morgan fingerprint density at radius 1 is 1.38 bits per heavy atom. The van der Waals surface area contributed by atoms with Crippen molar-refractivity contribution in [3.05, 3.63) is 0 Å². The number of nitrogens with zero attached hydrogens (tertiary/aromatic N) is 1. The first-order valence-electron chi connectivity index (χ1n) is 6.95. The lowest BCUT2D eigenvalue weighted by atomic mass is 9.99. The predicted octanol–water partition coefficient (Wildman–Crippen LogP) is 1.24. The largest absolute Gasteiger partial charge is 0.444 e. The summed E-state index contributed by atoms with van der Waals surface area (Å²) in [5.74, 6) is 1.48. The van der Waals surface area contributed by atoms with Gasteiger partial charge in [0.15, 0.2) is 0 Å². The third-order valence-electron chi connectivity index (χ3n) is 3.90. The van der Waals surface area contributed by atoms with Crippen LogP contribution in [0.1, 0.15) is 20.8 Å². The van der Waals surface area contributed by atoms with Crippen LogP contribution in [0.5, 0.6) is 0 Å². The molecule has 0 spiro atoms. The molecule has 0 aromatic carbocycles. The van der Waals surface area contributed by atoms with E-state index in [2.05, 4.69) is 5.92 Å². The summed E-state index contributed by atoms with van der Waals surface area (Å²) in [6, 6.07) is -0.414. The first-order chi connectivity index (χ1) is 9.78. The second kappa shape index (κ2) is 5.48. The van der Waals surface area contributed by atoms with Crippen LogP contribution in [0, 0.1) is 18.3 Å². The minimum Gasteiger partial charge on any atom is -0.444 e. The number of carbonyl (C=O) groups is 1. The Bertz CT molecular complexity index is 446. The summed E-state index contributed by atoms with van der Waals surface area (Å²) in [7, 11) is 3.07. The Morgan fingerprint density at radius 3 is 2.48 bits per heavy atom. The van der Waals surface area contributed by atoms with Crippen LogP contribution in [-0.2, 0) is 18.9 Å². The van der Waals surface area contributed by atoms with Crippen molar-refractivity contribution in [2.24, 2.45) is 5.92 Å². The molecule has 0 radical (unpaired) electrons. The summed E-state index contributed by atoms with van der Waals surface area (Å²) in [4.78, 5) is 14.0. The summed E-state index contributed by atoms with van der Waals surface area (Å²) in [5.41, 5.74) is -0.580. The molecule has 3 atom stereocenters. The molecule has 118 valence electrons. The number of carbonyl (C=O) groups excluding carboxylic acids is 1. The third kappa shape index (κ3) is 2.73. The highest BCUT2D eigenvalue weighted by atomic mass is 16.7. The molecule has 2 aliphatic heterocycles. The molecule has 0 N–H and O–H groups in total. The fraction of sp³-hybridized carbons (Fsp3) is 0.800. The average Bonchev–Trinajstić information content (AvgIpc) is 2.94. The van der Waals surface area contributed by atoms with E-state index in [1.54, 1.807) is 4.90 Å². The van der Waals surface area contributed by atoms with Crippen LogP contribution in [0.3, 0.4) is 0 Å². The highest BCUT2D eigenvalue weighted by molar-refractivity contribution is 5.69. The Morgan fingerprint density at radius 2 is 2.00 bits per heavy atom. The molecule has 0 aliphatic carbocycles. The van der Waals surface area contributed by atoms with Crippen molar-refractivity contribution < 1.29 is 23.7 Å². The van der Waals surface area contributed by atoms with Crippen LogP contribution in [0.2, 0.25) is 0 Å². The number of fused-ring (bicyclic) bond motifs is 1. The van der Waals surface area contributed by atoms with E-state index < -0.39 is 23.5 Å². The van der Waals surface area contributed by atoms with Crippen molar-refractivity contribution in [2.45, 2.75) is 44.3 Å². The molecule has 6 nitrogen and oxygen atoms in total. The van der Waals surface area contributed by atoms with Crippen molar-refractivity contribution in [2.75, 3.05) is 27.4 Å². The van der Waals surface area contributed by atoms with Gasteiger partial charge in [-0.1, -0.05) is 5.92 Å². The lowest BCUT2D eigenvalue weighted by Crippen LogP contribution is -2.55.